The molecule has 2 aromatic carbocycles. The summed E-state index contributed by atoms with van der Waals surface area (Å²) in [6.07, 6.45) is 1.07. The molecule has 0 unspecified atom stereocenters. The van der Waals surface area contributed by atoms with Crippen LogP contribution in [0.25, 0.3) is 0 Å². The molecule has 0 bridgehead atoms. The predicted octanol–water partition coefficient (Wildman–Crippen LogP) is 3.58. The molecule has 0 spiro atoms. The third kappa shape index (κ3) is 5.66. The average molecular weight is 348 g/mol. The molecule has 1 N–H and O–H groups in total. The first-order valence-corrected chi connectivity index (χ1v) is 8.02. The Hall–Kier alpha value is -1.91. The fraction of sp³-hybridized carbons (Fsp3) is 0.222. The van der Waals surface area contributed by atoms with Gasteiger partial charge in [-0.25, -0.2) is 4.79 Å². The van der Waals surface area contributed by atoms with E-state index in [1.807, 2.05) is 54.6 Å². The predicted molar refractivity (Wildman–Crippen MR) is 96.8 cm³/mol. The Morgan fingerprint density at radius 3 is 2.39 bits per heavy atom. The van der Waals surface area contributed by atoms with Gasteiger partial charge in [-0.05, 0) is 23.3 Å². The van der Waals surface area contributed by atoms with Crippen LogP contribution in [0.5, 0.6) is 0 Å². The van der Waals surface area contributed by atoms with Crippen LogP contribution in [0.15, 0.2) is 54.6 Å². The van der Waals surface area contributed by atoms with E-state index in [0.29, 0.717) is 22.9 Å². The highest BCUT2D eigenvalue weighted by molar-refractivity contribution is 7.80. The van der Waals surface area contributed by atoms with Crippen molar-refractivity contribution in [2.45, 2.75) is 18.9 Å². The second kappa shape index (κ2) is 8.65. The van der Waals surface area contributed by atoms with E-state index in [1.165, 1.54) is 7.11 Å². The molecule has 0 fully saturated rings. The minimum atomic E-state index is -0.498. The second-order valence-electron chi connectivity index (χ2n) is 5.14. The lowest BCUT2D eigenvalue weighted by Gasteiger charge is -2.18. The topological polar surface area (TPSA) is 38.3 Å². The smallest absolute Gasteiger partial charge is 0.328 e. The second-order valence-corrected chi connectivity index (χ2v) is 6.07. The number of nitrogens with one attached hydrogen (secondary N) is 1. The molecule has 0 aliphatic heterocycles. The van der Waals surface area contributed by atoms with Crippen LogP contribution >= 0.6 is 23.8 Å². The maximum absolute atomic E-state index is 12.0. The van der Waals surface area contributed by atoms with Crippen molar-refractivity contribution in [2.75, 3.05) is 7.11 Å². The largest absolute Gasteiger partial charge is 0.467 e. The fourth-order valence-corrected chi connectivity index (χ4v) is 2.65. The van der Waals surface area contributed by atoms with Crippen LogP contribution in [0.2, 0.25) is 5.02 Å². The number of methoxy groups -OCH3 is 1. The van der Waals surface area contributed by atoms with Crippen LogP contribution < -0.4 is 5.32 Å². The van der Waals surface area contributed by atoms with E-state index in [9.17, 15) is 4.79 Å². The van der Waals surface area contributed by atoms with Gasteiger partial charge in [0.05, 0.1) is 12.1 Å². The summed E-state index contributed by atoms with van der Waals surface area (Å²) in [5.41, 5.74) is 2.08. The summed E-state index contributed by atoms with van der Waals surface area (Å²) in [6.45, 7) is 0. The molecule has 0 radical (unpaired) electrons. The summed E-state index contributed by atoms with van der Waals surface area (Å²) >= 11 is 11.3. The highest BCUT2D eigenvalue weighted by Gasteiger charge is 2.20. The fourth-order valence-electron chi connectivity index (χ4n) is 2.22. The van der Waals surface area contributed by atoms with Crippen LogP contribution in [-0.4, -0.2) is 24.1 Å². The van der Waals surface area contributed by atoms with Gasteiger partial charge in [0.1, 0.15) is 6.04 Å². The molecule has 1 atom stereocenters. The zero-order chi connectivity index (χ0) is 16.7. The molecule has 0 saturated carbocycles. The lowest BCUT2D eigenvalue weighted by atomic mass is 10.1. The van der Waals surface area contributed by atoms with Crippen LogP contribution in [0.1, 0.15) is 11.1 Å². The molecular weight excluding hydrogens is 330 g/mol. The van der Waals surface area contributed by atoms with Crippen LogP contribution in [0.4, 0.5) is 0 Å². The summed E-state index contributed by atoms with van der Waals surface area (Å²) < 4.78 is 4.87. The van der Waals surface area contributed by atoms with Crippen molar-refractivity contribution in [3.63, 3.8) is 0 Å². The van der Waals surface area contributed by atoms with Crippen LogP contribution in [0.3, 0.4) is 0 Å². The van der Waals surface area contributed by atoms with Gasteiger partial charge < -0.3 is 10.1 Å². The Balaban J connectivity index is 2.00. The third-order valence-electron chi connectivity index (χ3n) is 3.38. The van der Waals surface area contributed by atoms with Gasteiger partial charge in [0.2, 0.25) is 0 Å². The maximum Gasteiger partial charge on any atom is 0.328 e. The molecule has 0 aliphatic rings. The molecule has 3 nitrogen and oxygen atoms in total. The van der Waals surface area contributed by atoms with Gasteiger partial charge in [-0.3, -0.25) is 0 Å². The van der Waals surface area contributed by atoms with E-state index in [2.05, 4.69) is 5.32 Å². The Morgan fingerprint density at radius 1 is 1.13 bits per heavy atom. The number of rotatable bonds is 6. The number of esters is 1. The lowest BCUT2D eigenvalue weighted by molar-refractivity contribution is -0.142. The molecule has 0 aliphatic carbocycles. The summed E-state index contributed by atoms with van der Waals surface area (Å²) in [7, 11) is 1.38. The van der Waals surface area contributed by atoms with E-state index in [0.717, 1.165) is 11.1 Å². The van der Waals surface area contributed by atoms with Crippen molar-refractivity contribution in [3.8, 4) is 0 Å². The number of carbonyl (C=O) groups excluding carboxylic acids is 1. The van der Waals surface area contributed by atoms with Gasteiger partial charge >= 0.3 is 5.97 Å². The quantitative estimate of drug-likeness (QED) is 0.640. The average Bonchev–Trinajstić information content (AvgIpc) is 2.56. The third-order valence-corrected chi connectivity index (χ3v) is 3.90. The molecule has 2 aromatic rings. The first-order valence-electron chi connectivity index (χ1n) is 7.24. The van der Waals surface area contributed by atoms with E-state index < -0.39 is 6.04 Å². The maximum atomic E-state index is 12.0. The van der Waals surface area contributed by atoms with Crippen molar-refractivity contribution in [3.05, 3.63) is 70.7 Å². The highest BCUT2D eigenvalue weighted by atomic mass is 35.5. The first-order chi connectivity index (χ1) is 11.1. The SMILES string of the molecule is COC(=O)[C@H](Cc1ccccc1)NC(=S)Cc1ccc(Cl)cc1. The van der Waals surface area contributed by atoms with E-state index >= 15 is 0 Å². The molecule has 0 heterocycles. The minimum Gasteiger partial charge on any atom is -0.467 e. The number of benzene rings is 2. The Labute approximate surface area is 146 Å². The van der Waals surface area contributed by atoms with Gasteiger partial charge in [-0.2, -0.15) is 0 Å². The Morgan fingerprint density at radius 2 is 1.78 bits per heavy atom. The highest BCUT2D eigenvalue weighted by Crippen LogP contribution is 2.11. The summed E-state index contributed by atoms with van der Waals surface area (Å²) in [4.78, 5) is 12.6. The standard InChI is InChI=1S/C18H18ClNO2S/c1-22-18(21)16(11-13-5-3-2-4-6-13)20-17(23)12-14-7-9-15(19)10-8-14/h2-10,16H,11-12H2,1H3,(H,20,23)/t16-/m0/s1. The number of hydrogen-bond acceptors (Lipinski definition) is 3. The normalized spacial score (nSPS) is 11.6. The molecule has 23 heavy (non-hydrogen) atoms. The van der Waals surface area contributed by atoms with Crippen molar-refractivity contribution >= 4 is 34.8 Å². The van der Waals surface area contributed by atoms with Gasteiger partial charge in [0, 0.05) is 17.9 Å². The Bertz CT molecular complexity index is 658. The van der Waals surface area contributed by atoms with Crippen LogP contribution in [-0.2, 0) is 22.4 Å². The number of ether oxygens (including phenoxy) is 1. The van der Waals surface area contributed by atoms with Crippen molar-refractivity contribution in [2.24, 2.45) is 0 Å². The summed E-state index contributed by atoms with van der Waals surface area (Å²) in [6, 6.07) is 16.7. The number of hydrogen-bond donors (Lipinski definition) is 1. The monoisotopic (exact) mass is 347 g/mol. The zero-order valence-electron chi connectivity index (χ0n) is 12.8. The van der Waals surface area contributed by atoms with E-state index in [-0.39, 0.29) is 5.97 Å². The van der Waals surface area contributed by atoms with Crippen LogP contribution in [0, 0.1) is 0 Å². The first kappa shape index (κ1) is 17.4. The van der Waals surface area contributed by atoms with E-state index in [1.54, 1.807) is 0 Å². The minimum absolute atomic E-state index is 0.327. The number of thiocarbonyl (C=S) groups is 1. The Kier molecular flexibility index (Phi) is 6.56. The molecular formula is C18H18ClNO2S. The molecule has 5 heteroatoms. The number of halogens is 1. The van der Waals surface area contributed by atoms with Gasteiger partial charge in [-0.15, -0.1) is 0 Å². The lowest BCUT2D eigenvalue weighted by Crippen LogP contribution is -2.43. The zero-order valence-corrected chi connectivity index (χ0v) is 14.4. The number of carbonyl (C=O) groups is 1. The molecule has 0 saturated heterocycles. The van der Waals surface area contributed by atoms with Crippen molar-refractivity contribution < 1.29 is 9.53 Å². The van der Waals surface area contributed by atoms with Gasteiger partial charge in [0.15, 0.2) is 0 Å². The summed E-state index contributed by atoms with van der Waals surface area (Å²) in [5, 5.41) is 3.79. The molecule has 2 rings (SSSR count). The molecule has 120 valence electrons. The van der Waals surface area contributed by atoms with Crippen molar-refractivity contribution in [1.29, 1.82) is 0 Å². The van der Waals surface area contributed by atoms with Gasteiger partial charge in [0.25, 0.3) is 0 Å². The summed E-state index contributed by atoms with van der Waals surface area (Å²) in [5.74, 6) is -0.327. The molecule has 0 amide bonds. The van der Waals surface area contributed by atoms with Crippen molar-refractivity contribution in [1.82, 2.24) is 5.32 Å². The molecule has 0 aromatic heterocycles. The van der Waals surface area contributed by atoms with Gasteiger partial charge in [-0.1, -0.05) is 66.3 Å². The van der Waals surface area contributed by atoms with E-state index in [4.69, 9.17) is 28.6 Å².